The number of aliphatic carboxylic acids is 1. The van der Waals surface area contributed by atoms with Crippen LogP contribution in [0.5, 0.6) is 0 Å². The number of hydrogen-bond acceptors (Lipinski definition) is 3. The second kappa shape index (κ2) is 4.65. The van der Waals surface area contributed by atoms with Crippen molar-refractivity contribution in [1.29, 1.82) is 0 Å². The molecule has 3 N–H and O–H groups in total. The van der Waals surface area contributed by atoms with Gasteiger partial charge in [-0.15, -0.1) is 0 Å². The van der Waals surface area contributed by atoms with Crippen LogP contribution >= 0.6 is 0 Å². The Morgan fingerprint density at radius 3 is 2.67 bits per heavy atom. The zero-order valence-corrected chi connectivity index (χ0v) is 7.81. The standard InChI is InChI=1S/C10H10FNO3/c11-7-3-1-2-6(4-7)10(15)8(12)5-9(13)14/h1-4,8H,5,12H2,(H,13,14). The normalized spacial score (nSPS) is 12.1. The summed E-state index contributed by atoms with van der Waals surface area (Å²) in [5.41, 5.74) is 5.43. The molecule has 0 bridgehead atoms. The lowest BCUT2D eigenvalue weighted by Crippen LogP contribution is -2.32. The summed E-state index contributed by atoms with van der Waals surface area (Å²) in [7, 11) is 0. The molecule has 80 valence electrons. The maximum Gasteiger partial charge on any atom is 0.305 e. The molecule has 0 aliphatic carbocycles. The van der Waals surface area contributed by atoms with Gasteiger partial charge in [0.15, 0.2) is 5.78 Å². The van der Waals surface area contributed by atoms with Gasteiger partial charge in [-0.2, -0.15) is 0 Å². The number of ketones is 1. The van der Waals surface area contributed by atoms with Gasteiger partial charge in [-0.1, -0.05) is 12.1 Å². The molecule has 1 aromatic carbocycles. The SMILES string of the molecule is NC(CC(=O)O)C(=O)c1cccc(F)c1. The van der Waals surface area contributed by atoms with Crippen LogP contribution < -0.4 is 5.73 Å². The fourth-order valence-electron chi connectivity index (χ4n) is 1.14. The van der Waals surface area contributed by atoms with Gasteiger partial charge < -0.3 is 10.8 Å². The van der Waals surface area contributed by atoms with Gasteiger partial charge in [0.1, 0.15) is 5.82 Å². The number of halogens is 1. The number of carboxylic acid groups (broad SMARTS) is 1. The van der Waals surface area contributed by atoms with Crippen molar-refractivity contribution in [3.8, 4) is 0 Å². The fourth-order valence-corrected chi connectivity index (χ4v) is 1.14. The van der Waals surface area contributed by atoms with E-state index in [-0.39, 0.29) is 5.56 Å². The summed E-state index contributed by atoms with van der Waals surface area (Å²) in [5, 5.41) is 8.43. The molecule has 0 aliphatic rings. The number of rotatable bonds is 4. The minimum atomic E-state index is -1.16. The number of carbonyl (C=O) groups excluding carboxylic acids is 1. The number of carboxylic acids is 1. The van der Waals surface area contributed by atoms with Crippen molar-refractivity contribution in [2.75, 3.05) is 0 Å². The molecule has 15 heavy (non-hydrogen) atoms. The number of hydrogen-bond donors (Lipinski definition) is 2. The average molecular weight is 211 g/mol. The summed E-state index contributed by atoms with van der Waals surface area (Å²) in [6, 6.07) is 3.86. The molecular weight excluding hydrogens is 201 g/mol. The Balaban J connectivity index is 2.80. The van der Waals surface area contributed by atoms with Crippen LogP contribution in [0, 0.1) is 5.82 Å². The van der Waals surface area contributed by atoms with E-state index in [4.69, 9.17) is 10.8 Å². The van der Waals surface area contributed by atoms with Gasteiger partial charge in [-0.05, 0) is 12.1 Å². The van der Waals surface area contributed by atoms with Crippen LogP contribution in [0.2, 0.25) is 0 Å². The van der Waals surface area contributed by atoms with Crippen molar-refractivity contribution in [1.82, 2.24) is 0 Å². The Labute approximate surface area is 85.5 Å². The van der Waals surface area contributed by atoms with E-state index in [1.807, 2.05) is 0 Å². The lowest BCUT2D eigenvalue weighted by atomic mass is 10.0. The van der Waals surface area contributed by atoms with Crippen molar-refractivity contribution >= 4 is 11.8 Å². The Morgan fingerprint density at radius 2 is 2.13 bits per heavy atom. The van der Waals surface area contributed by atoms with E-state index in [0.29, 0.717) is 0 Å². The first-order valence-corrected chi connectivity index (χ1v) is 4.28. The van der Waals surface area contributed by atoms with Gasteiger partial charge in [0.2, 0.25) is 0 Å². The predicted molar refractivity (Wildman–Crippen MR) is 51.0 cm³/mol. The summed E-state index contributed by atoms with van der Waals surface area (Å²) in [6.45, 7) is 0. The first kappa shape index (κ1) is 11.3. The third-order valence-corrected chi connectivity index (χ3v) is 1.84. The van der Waals surface area contributed by atoms with Gasteiger partial charge in [0, 0.05) is 5.56 Å². The van der Waals surface area contributed by atoms with Crippen LogP contribution in [0.4, 0.5) is 4.39 Å². The quantitative estimate of drug-likeness (QED) is 0.722. The maximum absolute atomic E-state index is 12.7. The fraction of sp³-hybridized carbons (Fsp3) is 0.200. The highest BCUT2D eigenvalue weighted by Gasteiger charge is 2.18. The highest BCUT2D eigenvalue weighted by molar-refractivity contribution is 6.01. The third-order valence-electron chi connectivity index (χ3n) is 1.84. The largest absolute Gasteiger partial charge is 0.481 e. The molecule has 0 amide bonds. The van der Waals surface area contributed by atoms with Crippen molar-refractivity contribution in [2.45, 2.75) is 12.5 Å². The van der Waals surface area contributed by atoms with Crippen LogP contribution in [0.1, 0.15) is 16.8 Å². The molecule has 0 aliphatic heterocycles. The first-order valence-electron chi connectivity index (χ1n) is 4.28. The van der Waals surface area contributed by atoms with Crippen molar-refractivity contribution < 1.29 is 19.1 Å². The van der Waals surface area contributed by atoms with Crippen LogP contribution in [-0.2, 0) is 4.79 Å². The molecule has 0 saturated carbocycles. The highest BCUT2D eigenvalue weighted by atomic mass is 19.1. The molecule has 4 nitrogen and oxygen atoms in total. The van der Waals surface area contributed by atoms with E-state index >= 15 is 0 Å². The number of benzene rings is 1. The molecule has 5 heteroatoms. The topological polar surface area (TPSA) is 80.4 Å². The van der Waals surface area contributed by atoms with Crippen LogP contribution in [0.15, 0.2) is 24.3 Å². The molecule has 0 radical (unpaired) electrons. The van der Waals surface area contributed by atoms with Gasteiger partial charge >= 0.3 is 5.97 Å². The Hall–Kier alpha value is -1.75. The summed E-state index contributed by atoms with van der Waals surface area (Å²) in [6.07, 6.45) is -0.463. The van der Waals surface area contributed by atoms with Gasteiger partial charge in [-0.25, -0.2) is 4.39 Å². The molecule has 0 fully saturated rings. The predicted octanol–water partition coefficient (Wildman–Crippen LogP) is 0.810. The molecule has 1 rings (SSSR count). The summed E-state index contributed by atoms with van der Waals surface area (Å²) >= 11 is 0. The molecule has 1 atom stereocenters. The molecule has 1 unspecified atom stereocenters. The Morgan fingerprint density at radius 1 is 1.47 bits per heavy atom. The van der Waals surface area contributed by atoms with E-state index < -0.39 is 30.0 Å². The number of nitrogens with two attached hydrogens (primary N) is 1. The minimum absolute atomic E-state index is 0.0868. The number of carbonyl (C=O) groups is 2. The zero-order valence-electron chi connectivity index (χ0n) is 7.81. The zero-order chi connectivity index (χ0) is 11.4. The van der Waals surface area contributed by atoms with E-state index in [1.54, 1.807) is 0 Å². The third kappa shape index (κ3) is 3.14. The second-order valence-electron chi connectivity index (χ2n) is 3.08. The Bertz CT molecular complexity index is 392. The van der Waals surface area contributed by atoms with Crippen LogP contribution in [0.3, 0.4) is 0 Å². The maximum atomic E-state index is 12.7. The minimum Gasteiger partial charge on any atom is -0.481 e. The van der Waals surface area contributed by atoms with E-state index in [0.717, 1.165) is 6.07 Å². The van der Waals surface area contributed by atoms with E-state index in [9.17, 15) is 14.0 Å². The number of Topliss-reactive ketones (excluding diaryl/α,β-unsaturated/α-hetero) is 1. The molecule has 0 aromatic heterocycles. The monoisotopic (exact) mass is 211 g/mol. The molecule has 0 heterocycles. The Kier molecular flexibility index (Phi) is 3.51. The van der Waals surface area contributed by atoms with Gasteiger partial charge in [-0.3, -0.25) is 9.59 Å². The van der Waals surface area contributed by atoms with Crippen molar-refractivity contribution in [3.05, 3.63) is 35.6 Å². The van der Waals surface area contributed by atoms with Crippen LogP contribution in [0.25, 0.3) is 0 Å². The molecular formula is C10H10FNO3. The summed E-state index contributed by atoms with van der Waals surface area (Å²) in [5.74, 6) is -2.28. The van der Waals surface area contributed by atoms with Crippen molar-refractivity contribution in [3.63, 3.8) is 0 Å². The van der Waals surface area contributed by atoms with E-state index in [1.165, 1.54) is 18.2 Å². The smallest absolute Gasteiger partial charge is 0.305 e. The highest BCUT2D eigenvalue weighted by Crippen LogP contribution is 2.07. The molecule has 0 spiro atoms. The lowest BCUT2D eigenvalue weighted by Gasteiger charge is -2.07. The average Bonchev–Trinajstić information content (AvgIpc) is 2.15. The lowest BCUT2D eigenvalue weighted by molar-refractivity contribution is -0.137. The summed E-state index contributed by atoms with van der Waals surface area (Å²) < 4.78 is 12.7. The second-order valence-corrected chi connectivity index (χ2v) is 3.08. The molecule has 1 aromatic rings. The van der Waals surface area contributed by atoms with Gasteiger partial charge in [0.25, 0.3) is 0 Å². The first-order chi connectivity index (χ1) is 7.00. The van der Waals surface area contributed by atoms with Crippen molar-refractivity contribution in [2.24, 2.45) is 5.73 Å². The summed E-state index contributed by atoms with van der Waals surface area (Å²) in [4.78, 5) is 21.8. The van der Waals surface area contributed by atoms with E-state index in [2.05, 4.69) is 0 Å². The van der Waals surface area contributed by atoms with Gasteiger partial charge in [0.05, 0.1) is 12.5 Å². The molecule has 0 saturated heterocycles. The van der Waals surface area contributed by atoms with Crippen LogP contribution in [-0.4, -0.2) is 22.9 Å².